The van der Waals surface area contributed by atoms with Crippen molar-refractivity contribution in [2.24, 2.45) is 0 Å². The number of piperidine rings is 1. The number of hydrogen-bond acceptors (Lipinski definition) is 4. The van der Waals surface area contributed by atoms with Crippen molar-refractivity contribution >= 4 is 36.9 Å². The molecule has 8 heteroatoms. The number of hydrogen-bond donors (Lipinski definition) is 1. The molecule has 0 aromatic heterocycles. The molecule has 2 heterocycles. The number of rotatable bonds is 3. The fraction of sp³-hybridized carbons (Fsp3) is 0.400. The highest BCUT2D eigenvalue weighted by molar-refractivity contribution is 6.33. The monoisotopic (exact) mass is 338 g/mol. The van der Waals surface area contributed by atoms with E-state index in [1.54, 1.807) is 13.2 Å². The smallest absolute Gasteiger partial charge is 0.363 e. The van der Waals surface area contributed by atoms with E-state index in [1.165, 1.54) is 6.07 Å². The maximum Gasteiger partial charge on any atom is 0.363 e. The average Bonchev–Trinajstić information content (AvgIpc) is 2.53. The molecule has 122 valence electrons. The lowest BCUT2D eigenvalue weighted by Crippen LogP contribution is -2.35. The Morgan fingerprint density at radius 2 is 2.39 bits per heavy atom. The molecule has 1 saturated heterocycles. The Morgan fingerprint density at radius 3 is 3.17 bits per heavy atom. The molecule has 0 aliphatic carbocycles. The van der Waals surface area contributed by atoms with Crippen LogP contribution in [0.3, 0.4) is 0 Å². The fourth-order valence-electron chi connectivity index (χ4n) is 2.91. The van der Waals surface area contributed by atoms with Crippen LogP contribution in [-0.4, -0.2) is 45.1 Å². The molecule has 23 heavy (non-hydrogen) atoms. The van der Waals surface area contributed by atoms with Crippen LogP contribution in [0.2, 0.25) is 5.02 Å². The third kappa shape index (κ3) is 3.52. The highest BCUT2D eigenvalue weighted by atomic mass is 35.5. The first kappa shape index (κ1) is 16.3. The van der Waals surface area contributed by atoms with Crippen molar-refractivity contribution in [3.63, 3.8) is 0 Å². The maximum atomic E-state index is 14.7. The molecule has 0 atom stereocenters. The van der Waals surface area contributed by atoms with E-state index in [1.807, 2.05) is 0 Å². The first-order chi connectivity index (χ1) is 11.1. The number of nitrogens with zero attached hydrogens (tertiary/aromatic N) is 1. The van der Waals surface area contributed by atoms with Gasteiger partial charge in [-0.25, -0.2) is 4.39 Å². The van der Waals surface area contributed by atoms with Crippen LogP contribution in [0.25, 0.3) is 6.08 Å². The van der Waals surface area contributed by atoms with Crippen molar-refractivity contribution in [1.82, 2.24) is 4.81 Å². The van der Waals surface area contributed by atoms with Crippen molar-refractivity contribution < 1.29 is 18.6 Å². The van der Waals surface area contributed by atoms with Gasteiger partial charge in [0.1, 0.15) is 5.69 Å². The van der Waals surface area contributed by atoms with E-state index >= 15 is 0 Å². The molecule has 2 aliphatic heterocycles. The molecule has 2 aliphatic rings. The van der Waals surface area contributed by atoms with Crippen molar-refractivity contribution in [1.29, 1.82) is 0 Å². The lowest BCUT2D eigenvalue weighted by atomic mass is 9.97. The van der Waals surface area contributed by atoms with Crippen LogP contribution in [0, 0.1) is 5.82 Å². The lowest BCUT2D eigenvalue weighted by molar-refractivity contribution is -0.118. The second-order valence-corrected chi connectivity index (χ2v) is 6.09. The van der Waals surface area contributed by atoms with Crippen molar-refractivity contribution in [2.75, 3.05) is 32.1 Å². The van der Waals surface area contributed by atoms with E-state index in [-0.39, 0.29) is 29.0 Å². The quantitative estimate of drug-likeness (QED) is 0.859. The average molecular weight is 339 g/mol. The Bertz CT molecular complexity index is 667. The van der Waals surface area contributed by atoms with E-state index in [9.17, 15) is 9.18 Å². The van der Waals surface area contributed by atoms with E-state index in [0.717, 1.165) is 31.5 Å². The number of halogens is 2. The van der Waals surface area contributed by atoms with Crippen LogP contribution in [0.1, 0.15) is 18.4 Å². The van der Waals surface area contributed by atoms with Gasteiger partial charge < -0.3 is 19.5 Å². The zero-order chi connectivity index (χ0) is 16.4. The van der Waals surface area contributed by atoms with Gasteiger partial charge in [-0.3, -0.25) is 4.79 Å². The first-order valence-corrected chi connectivity index (χ1v) is 7.81. The van der Waals surface area contributed by atoms with Gasteiger partial charge in [-0.1, -0.05) is 23.3 Å². The van der Waals surface area contributed by atoms with Gasteiger partial charge in [0, 0.05) is 19.2 Å². The van der Waals surface area contributed by atoms with E-state index in [4.69, 9.17) is 21.0 Å². The molecule has 0 bridgehead atoms. The highest BCUT2D eigenvalue weighted by Crippen LogP contribution is 2.40. The van der Waals surface area contributed by atoms with Gasteiger partial charge in [0.05, 0.1) is 5.02 Å². The third-order valence-electron chi connectivity index (χ3n) is 3.88. The number of anilines is 1. The van der Waals surface area contributed by atoms with Crippen molar-refractivity contribution in [3.05, 3.63) is 28.0 Å². The minimum Gasteiger partial charge on any atom is -0.480 e. The van der Waals surface area contributed by atoms with Gasteiger partial charge in [-0.05, 0) is 25.5 Å². The van der Waals surface area contributed by atoms with Gasteiger partial charge >= 0.3 is 7.62 Å². The van der Waals surface area contributed by atoms with E-state index in [0.29, 0.717) is 13.2 Å². The molecule has 1 N–H and O–H groups in total. The molecule has 1 amide bonds. The van der Waals surface area contributed by atoms with Gasteiger partial charge in [0.2, 0.25) is 0 Å². The summed E-state index contributed by atoms with van der Waals surface area (Å²) in [5.74, 6) is -0.717. The summed E-state index contributed by atoms with van der Waals surface area (Å²) < 4.78 is 25.0. The highest BCUT2D eigenvalue weighted by Gasteiger charge is 2.25. The van der Waals surface area contributed by atoms with Gasteiger partial charge in [0.25, 0.3) is 5.91 Å². The minimum atomic E-state index is -0.520. The Morgan fingerprint density at radius 1 is 1.57 bits per heavy atom. The summed E-state index contributed by atoms with van der Waals surface area (Å²) >= 11 is 6.16. The number of ether oxygens (including phenoxy) is 1. The topological polar surface area (TPSA) is 50.8 Å². The van der Waals surface area contributed by atoms with Gasteiger partial charge in [-0.2, -0.15) is 0 Å². The van der Waals surface area contributed by atoms with Crippen LogP contribution in [0.5, 0.6) is 5.75 Å². The van der Waals surface area contributed by atoms with Crippen LogP contribution in [0.4, 0.5) is 10.1 Å². The summed E-state index contributed by atoms with van der Waals surface area (Å²) in [4.78, 5) is 13.6. The van der Waals surface area contributed by atoms with Crippen LogP contribution < -0.4 is 10.1 Å². The Kier molecular flexibility index (Phi) is 4.89. The second-order valence-electron chi connectivity index (χ2n) is 5.68. The van der Waals surface area contributed by atoms with Crippen LogP contribution in [0.15, 0.2) is 11.6 Å². The number of amides is 1. The lowest BCUT2D eigenvalue weighted by Gasteiger charge is -2.27. The number of carbonyl (C=O) groups is 1. The minimum absolute atomic E-state index is 0.0187. The summed E-state index contributed by atoms with van der Waals surface area (Å²) in [5, 5.41) is 2.78. The maximum absolute atomic E-state index is 14.7. The summed E-state index contributed by atoms with van der Waals surface area (Å²) in [6.45, 7) is 1.53. The summed E-state index contributed by atoms with van der Waals surface area (Å²) in [7, 11) is 2.21. The Labute approximate surface area is 139 Å². The van der Waals surface area contributed by atoms with Crippen molar-refractivity contribution in [2.45, 2.75) is 12.8 Å². The molecule has 0 spiro atoms. The van der Waals surface area contributed by atoms with Crippen LogP contribution in [-0.2, 0) is 9.45 Å². The normalized spacial score (nSPS) is 20.0. The SMILES string of the molecule is COBN1CCCC(=Cc2cc(Cl)c3c(c2F)NC(=O)CO3)C1. The zero-order valence-corrected chi connectivity index (χ0v) is 13.6. The molecule has 0 unspecified atom stereocenters. The second kappa shape index (κ2) is 6.90. The largest absolute Gasteiger partial charge is 0.480 e. The summed E-state index contributed by atoms with van der Waals surface area (Å²) in [6, 6.07) is 1.54. The molecule has 5 nitrogen and oxygen atoms in total. The molecular formula is C15H17BClFN2O3. The van der Waals surface area contributed by atoms with E-state index in [2.05, 4.69) is 10.1 Å². The predicted molar refractivity (Wildman–Crippen MR) is 88.5 cm³/mol. The van der Waals surface area contributed by atoms with E-state index < -0.39 is 5.82 Å². The predicted octanol–water partition coefficient (Wildman–Crippen LogP) is 2.20. The number of fused-ring (bicyclic) bond motifs is 1. The molecule has 1 fully saturated rings. The molecule has 1 aromatic carbocycles. The van der Waals surface area contributed by atoms with Gasteiger partial charge in [-0.15, -0.1) is 0 Å². The van der Waals surface area contributed by atoms with Gasteiger partial charge in [0.15, 0.2) is 18.2 Å². The van der Waals surface area contributed by atoms with Crippen LogP contribution >= 0.6 is 11.6 Å². The Balaban J connectivity index is 1.91. The van der Waals surface area contributed by atoms with Crippen molar-refractivity contribution in [3.8, 4) is 5.75 Å². The molecular weight excluding hydrogens is 321 g/mol. The third-order valence-corrected chi connectivity index (χ3v) is 4.16. The fourth-order valence-corrected chi connectivity index (χ4v) is 3.17. The standard InChI is InChI=1S/C15H17BClFN2O3/c1-22-16-20-4-2-3-9(7-20)5-10-6-11(17)15-14(13(10)18)19-12(21)8-23-15/h5-6,16H,2-4,7-8H2,1H3,(H,19,21). The molecule has 0 radical (unpaired) electrons. The Hall–Kier alpha value is -1.57. The number of carbonyl (C=O) groups excluding carboxylic acids is 1. The summed E-state index contributed by atoms with van der Waals surface area (Å²) in [5.41, 5.74) is 1.48. The zero-order valence-electron chi connectivity index (χ0n) is 12.8. The molecule has 1 aromatic rings. The molecule has 3 rings (SSSR count). The molecule has 0 saturated carbocycles. The first-order valence-electron chi connectivity index (χ1n) is 7.44. The number of nitrogens with one attached hydrogen (secondary N) is 1. The number of benzene rings is 1. The summed E-state index contributed by atoms with van der Waals surface area (Å²) in [6.07, 6.45) is 3.69.